The minimum absolute atomic E-state index is 0.00987. The summed E-state index contributed by atoms with van der Waals surface area (Å²) < 4.78 is 46.5. The zero-order valence-corrected chi connectivity index (χ0v) is 12.2. The third-order valence-corrected chi connectivity index (χ3v) is 5.27. The van der Waals surface area contributed by atoms with E-state index in [1.165, 1.54) is 18.2 Å². The molecule has 1 aromatic rings. The van der Waals surface area contributed by atoms with Crippen molar-refractivity contribution in [3.8, 4) is 0 Å². The molecule has 0 spiro atoms. The molecule has 7 heteroatoms. The summed E-state index contributed by atoms with van der Waals surface area (Å²) in [5.74, 6) is -0.604. The van der Waals surface area contributed by atoms with E-state index in [4.69, 9.17) is 10.5 Å². The Balaban J connectivity index is 2.33. The molecule has 1 heterocycles. The van der Waals surface area contributed by atoms with Crippen molar-refractivity contribution in [3.63, 3.8) is 0 Å². The molecule has 0 aromatic heterocycles. The molecule has 1 aliphatic rings. The number of rotatable bonds is 4. The zero-order chi connectivity index (χ0) is 14.8. The molecule has 1 saturated heterocycles. The van der Waals surface area contributed by atoms with Gasteiger partial charge in [0.2, 0.25) is 10.0 Å². The lowest BCUT2D eigenvalue weighted by atomic mass is 9.94. The van der Waals surface area contributed by atoms with Gasteiger partial charge in [0.15, 0.2) is 0 Å². The second kappa shape index (κ2) is 5.77. The number of hydrogen-bond donors (Lipinski definition) is 2. The average Bonchev–Trinajstić information content (AvgIpc) is 2.38. The van der Waals surface area contributed by atoms with Crippen LogP contribution in [0.15, 0.2) is 23.1 Å². The Kier molecular flexibility index (Phi) is 4.43. The van der Waals surface area contributed by atoms with Crippen LogP contribution in [0.3, 0.4) is 0 Å². The molecule has 112 valence electrons. The van der Waals surface area contributed by atoms with Crippen molar-refractivity contribution >= 4 is 10.0 Å². The number of benzene rings is 1. The van der Waals surface area contributed by atoms with Crippen LogP contribution in [0.1, 0.15) is 25.3 Å². The van der Waals surface area contributed by atoms with Crippen molar-refractivity contribution in [2.75, 3.05) is 13.2 Å². The van der Waals surface area contributed by atoms with Gasteiger partial charge in [-0.3, -0.25) is 0 Å². The summed E-state index contributed by atoms with van der Waals surface area (Å²) in [6.45, 7) is 2.68. The van der Waals surface area contributed by atoms with Crippen LogP contribution in [0.25, 0.3) is 0 Å². The Bertz CT molecular complexity index is 583. The van der Waals surface area contributed by atoms with Crippen LogP contribution in [0.5, 0.6) is 0 Å². The van der Waals surface area contributed by atoms with Crippen molar-refractivity contribution in [2.45, 2.75) is 36.7 Å². The highest BCUT2D eigenvalue weighted by atomic mass is 32.2. The molecule has 3 N–H and O–H groups in total. The standard InChI is InChI=1S/C13H19FN2O3S/c1-13(5-7-19-8-6-13)16-20(17,18)12-4-2-3-11(14)10(12)9-15/h2-4,16H,5-9,15H2,1H3. The summed E-state index contributed by atoms with van der Waals surface area (Å²) in [6.07, 6.45) is 1.17. The van der Waals surface area contributed by atoms with Crippen LogP contribution in [0, 0.1) is 5.82 Å². The van der Waals surface area contributed by atoms with Gasteiger partial charge in [-0.15, -0.1) is 0 Å². The first-order valence-electron chi connectivity index (χ1n) is 6.47. The molecule has 2 rings (SSSR count). The fraction of sp³-hybridized carbons (Fsp3) is 0.538. The molecule has 0 atom stereocenters. The van der Waals surface area contributed by atoms with Crippen LogP contribution in [-0.2, 0) is 21.3 Å². The van der Waals surface area contributed by atoms with E-state index in [0.29, 0.717) is 26.1 Å². The van der Waals surface area contributed by atoms with Gasteiger partial charge in [0.1, 0.15) is 5.82 Å². The summed E-state index contributed by atoms with van der Waals surface area (Å²) in [6, 6.07) is 3.95. The Morgan fingerprint density at radius 1 is 1.40 bits per heavy atom. The minimum atomic E-state index is -3.81. The van der Waals surface area contributed by atoms with E-state index >= 15 is 0 Å². The zero-order valence-electron chi connectivity index (χ0n) is 11.4. The SMILES string of the molecule is CC1(NS(=O)(=O)c2cccc(F)c2CN)CCOCC1. The first-order chi connectivity index (χ1) is 9.38. The summed E-state index contributed by atoms with van der Waals surface area (Å²) in [7, 11) is -3.81. The van der Waals surface area contributed by atoms with E-state index in [0.717, 1.165) is 0 Å². The number of sulfonamides is 1. The van der Waals surface area contributed by atoms with Crippen LogP contribution in [0.2, 0.25) is 0 Å². The topological polar surface area (TPSA) is 81.4 Å². The lowest BCUT2D eigenvalue weighted by Crippen LogP contribution is -2.49. The molecule has 0 aliphatic carbocycles. The van der Waals surface area contributed by atoms with E-state index in [1.807, 2.05) is 6.92 Å². The normalized spacial score (nSPS) is 18.9. The molecular weight excluding hydrogens is 283 g/mol. The monoisotopic (exact) mass is 302 g/mol. The number of nitrogens with one attached hydrogen (secondary N) is 1. The maximum atomic E-state index is 13.7. The molecule has 1 aromatic carbocycles. The second-order valence-electron chi connectivity index (χ2n) is 5.20. The fourth-order valence-electron chi connectivity index (χ4n) is 2.29. The molecule has 0 unspecified atom stereocenters. The largest absolute Gasteiger partial charge is 0.381 e. The molecule has 0 bridgehead atoms. The third kappa shape index (κ3) is 3.17. The number of nitrogens with two attached hydrogens (primary N) is 1. The summed E-state index contributed by atoms with van der Waals surface area (Å²) in [5, 5.41) is 0. The summed E-state index contributed by atoms with van der Waals surface area (Å²) >= 11 is 0. The van der Waals surface area contributed by atoms with Crippen LogP contribution in [0.4, 0.5) is 4.39 Å². The van der Waals surface area contributed by atoms with E-state index in [1.54, 1.807) is 0 Å². The first kappa shape index (κ1) is 15.4. The van der Waals surface area contributed by atoms with Gasteiger partial charge in [0.05, 0.1) is 4.90 Å². The van der Waals surface area contributed by atoms with Gasteiger partial charge < -0.3 is 10.5 Å². The van der Waals surface area contributed by atoms with E-state index in [9.17, 15) is 12.8 Å². The Morgan fingerprint density at radius 2 is 2.05 bits per heavy atom. The lowest BCUT2D eigenvalue weighted by Gasteiger charge is -2.34. The summed E-state index contributed by atoms with van der Waals surface area (Å²) in [5.41, 5.74) is 4.90. The van der Waals surface area contributed by atoms with Gasteiger partial charge in [0, 0.05) is 30.9 Å². The highest BCUT2D eigenvalue weighted by Gasteiger charge is 2.33. The van der Waals surface area contributed by atoms with Crippen molar-refractivity contribution in [1.29, 1.82) is 0 Å². The predicted octanol–water partition coefficient (Wildman–Crippen LogP) is 1.13. The third-order valence-electron chi connectivity index (χ3n) is 3.55. The quantitative estimate of drug-likeness (QED) is 0.873. The number of ether oxygens (including phenoxy) is 1. The van der Waals surface area contributed by atoms with Gasteiger partial charge in [-0.1, -0.05) is 6.07 Å². The van der Waals surface area contributed by atoms with Gasteiger partial charge in [-0.05, 0) is 31.9 Å². The first-order valence-corrected chi connectivity index (χ1v) is 7.95. The van der Waals surface area contributed by atoms with E-state index in [2.05, 4.69) is 4.72 Å². The predicted molar refractivity (Wildman–Crippen MR) is 73.1 cm³/mol. The molecule has 1 fully saturated rings. The maximum Gasteiger partial charge on any atom is 0.241 e. The van der Waals surface area contributed by atoms with E-state index in [-0.39, 0.29) is 17.0 Å². The average molecular weight is 302 g/mol. The van der Waals surface area contributed by atoms with E-state index < -0.39 is 21.4 Å². The smallest absolute Gasteiger partial charge is 0.241 e. The fourth-order valence-corrected chi connectivity index (χ4v) is 4.02. The highest BCUT2D eigenvalue weighted by Crippen LogP contribution is 2.25. The molecular formula is C13H19FN2O3S. The van der Waals surface area contributed by atoms with Crippen molar-refractivity contribution < 1.29 is 17.5 Å². The van der Waals surface area contributed by atoms with Gasteiger partial charge in [0.25, 0.3) is 0 Å². The second-order valence-corrected chi connectivity index (χ2v) is 6.85. The summed E-state index contributed by atoms with van der Waals surface area (Å²) in [4.78, 5) is -0.0901. The molecule has 0 saturated carbocycles. The van der Waals surface area contributed by atoms with Gasteiger partial charge in [-0.2, -0.15) is 0 Å². The highest BCUT2D eigenvalue weighted by molar-refractivity contribution is 7.89. The van der Waals surface area contributed by atoms with Gasteiger partial charge in [-0.25, -0.2) is 17.5 Å². The maximum absolute atomic E-state index is 13.7. The van der Waals surface area contributed by atoms with Crippen LogP contribution in [-0.4, -0.2) is 27.2 Å². The van der Waals surface area contributed by atoms with Crippen LogP contribution >= 0.6 is 0 Å². The Morgan fingerprint density at radius 3 is 2.65 bits per heavy atom. The molecule has 0 radical (unpaired) electrons. The van der Waals surface area contributed by atoms with Crippen molar-refractivity contribution in [2.24, 2.45) is 5.73 Å². The van der Waals surface area contributed by atoms with Crippen molar-refractivity contribution in [3.05, 3.63) is 29.6 Å². The Hall–Kier alpha value is -1.02. The number of hydrogen-bond acceptors (Lipinski definition) is 4. The molecule has 1 aliphatic heterocycles. The number of halogens is 1. The molecule has 20 heavy (non-hydrogen) atoms. The minimum Gasteiger partial charge on any atom is -0.381 e. The lowest BCUT2D eigenvalue weighted by molar-refractivity contribution is 0.0537. The van der Waals surface area contributed by atoms with Gasteiger partial charge >= 0.3 is 0 Å². The molecule has 0 amide bonds. The Labute approximate surface area is 118 Å². The molecule has 5 nitrogen and oxygen atoms in total. The van der Waals surface area contributed by atoms with Crippen molar-refractivity contribution in [1.82, 2.24) is 4.72 Å². The van der Waals surface area contributed by atoms with Crippen LogP contribution < -0.4 is 10.5 Å².